The molecule has 108 valence electrons. The van der Waals surface area contributed by atoms with E-state index < -0.39 is 0 Å². The molecular formula is C13H13N5O2S. The second kappa shape index (κ2) is 5.57. The van der Waals surface area contributed by atoms with Crippen LogP contribution in [0.4, 0.5) is 0 Å². The maximum absolute atomic E-state index is 5.28. The SMILES string of the molecule is COc1cc(-c2ccc3cnc(SC)nn23)c(OC)nn1. The van der Waals surface area contributed by atoms with Crippen molar-refractivity contribution in [1.82, 2.24) is 24.8 Å². The van der Waals surface area contributed by atoms with Gasteiger partial charge in [-0.25, -0.2) is 9.50 Å². The molecule has 0 atom stereocenters. The standard InChI is InChI=1S/C13H13N5O2S/c1-19-11-6-9(12(20-2)16-15-11)10-5-4-8-7-14-13(21-3)17-18(8)10/h4-7H,1-3H3. The van der Waals surface area contributed by atoms with Crippen molar-refractivity contribution in [3.8, 4) is 23.0 Å². The van der Waals surface area contributed by atoms with Crippen LogP contribution in [0.1, 0.15) is 0 Å². The number of nitrogens with zero attached hydrogens (tertiary/aromatic N) is 5. The molecule has 7 nitrogen and oxygen atoms in total. The van der Waals surface area contributed by atoms with Gasteiger partial charge in [-0.05, 0) is 18.4 Å². The molecule has 0 radical (unpaired) electrons. The van der Waals surface area contributed by atoms with Crippen LogP contribution in [0.15, 0.2) is 29.6 Å². The lowest BCUT2D eigenvalue weighted by Crippen LogP contribution is -2.01. The predicted octanol–water partition coefficient (Wildman–Crippen LogP) is 1.93. The van der Waals surface area contributed by atoms with Gasteiger partial charge in [0.1, 0.15) is 0 Å². The monoisotopic (exact) mass is 303 g/mol. The molecule has 0 spiro atoms. The van der Waals surface area contributed by atoms with Crippen molar-refractivity contribution >= 4 is 17.3 Å². The quantitative estimate of drug-likeness (QED) is 0.682. The van der Waals surface area contributed by atoms with Gasteiger partial charge in [-0.1, -0.05) is 11.8 Å². The van der Waals surface area contributed by atoms with Crippen LogP contribution in [0.5, 0.6) is 11.8 Å². The molecule has 3 aromatic heterocycles. The number of aromatic nitrogens is 5. The van der Waals surface area contributed by atoms with E-state index in [1.165, 1.54) is 11.8 Å². The molecule has 0 aliphatic heterocycles. The number of fused-ring (bicyclic) bond motifs is 1. The summed E-state index contributed by atoms with van der Waals surface area (Å²) in [5, 5.41) is 13.1. The molecule has 21 heavy (non-hydrogen) atoms. The molecule has 0 amide bonds. The summed E-state index contributed by atoms with van der Waals surface area (Å²) in [6.07, 6.45) is 3.71. The minimum atomic E-state index is 0.417. The van der Waals surface area contributed by atoms with Crippen LogP contribution < -0.4 is 9.47 Å². The summed E-state index contributed by atoms with van der Waals surface area (Å²) in [6, 6.07) is 5.65. The van der Waals surface area contributed by atoms with E-state index in [9.17, 15) is 0 Å². The third-order valence-electron chi connectivity index (χ3n) is 2.98. The van der Waals surface area contributed by atoms with E-state index in [4.69, 9.17) is 9.47 Å². The highest BCUT2D eigenvalue weighted by Crippen LogP contribution is 2.31. The lowest BCUT2D eigenvalue weighted by Gasteiger charge is -2.08. The van der Waals surface area contributed by atoms with Crippen LogP contribution in [0.2, 0.25) is 0 Å². The smallest absolute Gasteiger partial charge is 0.242 e. The van der Waals surface area contributed by atoms with E-state index in [1.54, 1.807) is 31.0 Å². The van der Waals surface area contributed by atoms with Crippen molar-refractivity contribution in [3.05, 3.63) is 24.4 Å². The van der Waals surface area contributed by atoms with Crippen LogP contribution in [-0.4, -0.2) is 45.3 Å². The van der Waals surface area contributed by atoms with Crippen molar-refractivity contribution in [3.63, 3.8) is 0 Å². The Hall–Kier alpha value is -2.35. The average Bonchev–Trinajstić information content (AvgIpc) is 2.96. The molecule has 3 heterocycles. The van der Waals surface area contributed by atoms with Gasteiger partial charge in [-0.15, -0.1) is 15.3 Å². The number of rotatable bonds is 4. The first kappa shape index (κ1) is 13.6. The van der Waals surface area contributed by atoms with Crippen LogP contribution >= 0.6 is 11.8 Å². The summed E-state index contributed by atoms with van der Waals surface area (Å²) in [5.41, 5.74) is 2.49. The molecule has 0 saturated heterocycles. The van der Waals surface area contributed by atoms with Gasteiger partial charge in [0.15, 0.2) is 0 Å². The summed E-state index contributed by atoms with van der Waals surface area (Å²) < 4.78 is 12.2. The Morgan fingerprint density at radius 2 is 2.00 bits per heavy atom. The second-order valence-corrected chi connectivity index (χ2v) is 4.88. The fraction of sp³-hybridized carbons (Fsp3) is 0.231. The van der Waals surface area contributed by atoms with Crippen molar-refractivity contribution in [2.45, 2.75) is 5.16 Å². The highest BCUT2D eigenvalue weighted by atomic mass is 32.2. The highest BCUT2D eigenvalue weighted by Gasteiger charge is 2.15. The average molecular weight is 303 g/mol. The van der Waals surface area contributed by atoms with Crippen LogP contribution in [0.25, 0.3) is 16.8 Å². The fourth-order valence-electron chi connectivity index (χ4n) is 1.98. The van der Waals surface area contributed by atoms with E-state index in [0.717, 1.165) is 16.8 Å². The Labute approximate surface area is 125 Å². The van der Waals surface area contributed by atoms with Gasteiger partial charge in [0.25, 0.3) is 0 Å². The van der Waals surface area contributed by atoms with Crippen molar-refractivity contribution < 1.29 is 9.47 Å². The van der Waals surface area contributed by atoms with E-state index in [1.807, 2.05) is 18.4 Å². The summed E-state index contributed by atoms with van der Waals surface area (Å²) in [4.78, 5) is 4.26. The van der Waals surface area contributed by atoms with Gasteiger partial charge in [0.2, 0.25) is 16.9 Å². The Kier molecular flexibility index (Phi) is 3.61. The molecule has 0 aliphatic rings. The predicted molar refractivity (Wildman–Crippen MR) is 78.9 cm³/mol. The first-order valence-electron chi connectivity index (χ1n) is 6.11. The number of hydrogen-bond acceptors (Lipinski definition) is 7. The van der Waals surface area contributed by atoms with Crippen LogP contribution in [0, 0.1) is 0 Å². The third-order valence-corrected chi connectivity index (χ3v) is 3.53. The van der Waals surface area contributed by atoms with Gasteiger partial charge in [0.05, 0.1) is 37.2 Å². The van der Waals surface area contributed by atoms with Crippen molar-refractivity contribution in [2.75, 3.05) is 20.5 Å². The minimum absolute atomic E-state index is 0.417. The first-order chi connectivity index (χ1) is 10.3. The lowest BCUT2D eigenvalue weighted by atomic mass is 10.2. The Bertz CT molecular complexity index is 789. The Balaban J connectivity index is 2.24. The van der Waals surface area contributed by atoms with Crippen molar-refractivity contribution in [2.24, 2.45) is 0 Å². The highest BCUT2D eigenvalue weighted by molar-refractivity contribution is 7.98. The number of ether oxygens (including phenoxy) is 2. The zero-order valence-electron chi connectivity index (χ0n) is 11.8. The maximum Gasteiger partial charge on any atom is 0.242 e. The number of thioether (sulfide) groups is 1. The van der Waals surface area contributed by atoms with Crippen molar-refractivity contribution in [1.29, 1.82) is 0 Å². The summed E-state index contributed by atoms with van der Waals surface area (Å²) >= 11 is 1.48. The van der Waals surface area contributed by atoms with Gasteiger partial charge in [-0.2, -0.15) is 0 Å². The second-order valence-electron chi connectivity index (χ2n) is 4.11. The molecule has 0 fully saturated rings. The van der Waals surface area contributed by atoms with E-state index in [2.05, 4.69) is 20.3 Å². The molecule has 3 rings (SSSR count). The number of methoxy groups -OCH3 is 2. The van der Waals surface area contributed by atoms with Crippen LogP contribution in [0.3, 0.4) is 0 Å². The molecule has 0 N–H and O–H groups in total. The zero-order valence-corrected chi connectivity index (χ0v) is 12.6. The zero-order chi connectivity index (χ0) is 14.8. The van der Waals surface area contributed by atoms with E-state index in [-0.39, 0.29) is 0 Å². The topological polar surface area (TPSA) is 74.4 Å². The Morgan fingerprint density at radius 1 is 1.14 bits per heavy atom. The molecule has 0 aliphatic carbocycles. The summed E-state index contributed by atoms with van der Waals surface area (Å²) in [5.74, 6) is 0.833. The molecule has 0 aromatic carbocycles. The summed E-state index contributed by atoms with van der Waals surface area (Å²) in [6.45, 7) is 0. The fourth-order valence-corrected chi connectivity index (χ4v) is 2.30. The molecule has 0 unspecified atom stereocenters. The molecule has 8 heteroatoms. The largest absolute Gasteiger partial charge is 0.480 e. The third kappa shape index (κ3) is 2.38. The number of hydrogen-bond donors (Lipinski definition) is 0. The van der Waals surface area contributed by atoms with E-state index in [0.29, 0.717) is 16.9 Å². The lowest BCUT2D eigenvalue weighted by molar-refractivity contribution is 0.369. The molecular weight excluding hydrogens is 290 g/mol. The summed E-state index contributed by atoms with van der Waals surface area (Å²) in [7, 11) is 3.10. The Morgan fingerprint density at radius 3 is 2.71 bits per heavy atom. The normalized spacial score (nSPS) is 10.8. The molecule has 0 bridgehead atoms. The first-order valence-corrected chi connectivity index (χ1v) is 7.34. The minimum Gasteiger partial charge on any atom is -0.480 e. The maximum atomic E-state index is 5.28. The van der Waals surface area contributed by atoms with Gasteiger partial charge < -0.3 is 9.47 Å². The van der Waals surface area contributed by atoms with Gasteiger partial charge in [-0.3, -0.25) is 0 Å². The van der Waals surface area contributed by atoms with Gasteiger partial charge in [0, 0.05) is 6.07 Å². The molecule has 0 saturated carbocycles. The van der Waals surface area contributed by atoms with Gasteiger partial charge >= 0.3 is 0 Å². The van der Waals surface area contributed by atoms with Crippen LogP contribution in [-0.2, 0) is 0 Å². The van der Waals surface area contributed by atoms with E-state index >= 15 is 0 Å². The molecule has 3 aromatic rings.